The van der Waals surface area contributed by atoms with E-state index in [9.17, 15) is 0 Å². The molecule has 0 unspecified atom stereocenters. The van der Waals surface area contributed by atoms with E-state index in [1.165, 1.54) is 11.3 Å². The molecule has 1 N–H and O–H groups in total. The Kier molecular flexibility index (Phi) is 5.08. The van der Waals surface area contributed by atoms with Crippen LogP contribution in [0.2, 0.25) is 0 Å². The molecule has 1 aliphatic heterocycles. The Bertz CT molecular complexity index is 621. The molecule has 5 nitrogen and oxygen atoms in total. The van der Waals surface area contributed by atoms with Gasteiger partial charge in [-0.2, -0.15) is 0 Å². The molecule has 23 heavy (non-hydrogen) atoms. The Balaban J connectivity index is 1.47. The van der Waals surface area contributed by atoms with Crippen molar-refractivity contribution < 1.29 is 4.74 Å². The number of anilines is 1. The number of nitrogens with zero attached hydrogens (tertiary/aromatic N) is 3. The zero-order chi connectivity index (χ0) is 16.1. The zero-order valence-electron chi connectivity index (χ0n) is 13.8. The summed E-state index contributed by atoms with van der Waals surface area (Å²) in [5.41, 5.74) is 3.75. The van der Waals surface area contributed by atoms with Gasteiger partial charge in [0.25, 0.3) is 0 Å². The van der Waals surface area contributed by atoms with E-state index in [4.69, 9.17) is 4.74 Å². The Morgan fingerprint density at radius 1 is 1.22 bits per heavy atom. The Labute approximate surface area is 137 Å². The highest BCUT2D eigenvalue weighted by molar-refractivity contribution is 5.48. The highest BCUT2D eigenvalue weighted by Crippen LogP contribution is 2.21. The number of rotatable bonds is 5. The minimum atomic E-state index is 0.417. The number of hydrogen-bond acceptors (Lipinski definition) is 5. The maximum absolute atomic E-state index is 4.98. The van der Waals surface area contributed by atoms with E-state index in [-0.39, 0.29) is 0 Å². The molecular weight excluding hydrogens is 288 g/mol. The second-order valence-corrected chi connectivity index (χ2v) is 6.06. The lowest BCUT2D eigenvalue weighted by Crippen LogP contribution is -2.42. The first kappa shape index (κ1) is 15.7. The number of aryl methyl sites for hydroxylation is 1. The molecule has 0 saturated carbocycles. The van der Waals surface area contributed by atoms with Crippen molar-refractivity contribution in [1.29, 1.82) is 0 Å². The van der Waals surface area contributed by atoms with Crippen molar-refractivity contribution in [1.82, 2.24) is 15.3 Å². The molecule has 122 valence electrons. The molecule has 1 fully saturated rings. The predicted molar refractivity (Wildman–Crippen MR) is 91.8 cm³/mol. The van der Waals surface area contributed by atoms with Gasteiger partial charge in [0.05, 0.1) is 7.11 Å². The normalized spacial score (nSPS) is 15.7. The number of nitrogens with one attached hydrogen (secondary N) is 1. The van der Waals surface area contributed by atoms with E-state index in [0.29, 0.717) is 12.1 Å². The lowest BCUT2D eigenvalue weighted by atomic mass is 10.0. The second kappa shape index (κ2) is 7.42. The molecule has 1 aromatic carbocycles. The van der Waals surface area contributed by atoms with Crippen molar-refractivity contribution in [3.8, 4) is 6.01 Å². The smallest absolute Gasteiger partial charge is 0.316 e. The summed E-state index contributed by atoms with van der Waals surface area (Å²) in [7, 11) is 1.58. The van der Waals surface area contributed by atoms with Gasteiger partial charge < -0.3 is 15.0 Å². The molecule has 3 rings (SSSR count). The number of hydrogen-bond donors (Lipinski definition) is 1. The first-order chi connectivity index (χ1) is 11.2. The highest BCUT2D eigenvalue weighted by atomic mass is 16.5. The largest absolute Gasteiger partial charge is 0.467 e. The van der Waals surface area contributed by atoms with E-state index in [1.807, 2.05) is 12.4 Å². The fourth-order valence-electron chi connectivity index (χ4n) is 2.97. The first-order valence-corrected chi connectivity index (χ1v) is 8.14. The van der Waals surface area contributed by atoms with E-state index < -0.39 is 0 Å². The lowest BCUT2D eigenvalue weighted by molar-refractivity contribution is 0.378. The number of benzene rings is 1. The number of methoxy groups -OCH3 is 1. The maximum Gasteiger partial charge on any atom is 0.316 e. The van der Waals surface area contributed by atoms with Crippen LogP contribution < -0.4 is 15.0 Å². The van der Waals surface area contributed by atoms with E-state index in [0.717, 1.165) is 38.0 Å². The van der Waals surface area contributed by atoms with Gasteiger partial charge in [0.15, 0.2) is 0 Å². The monoisotopic (exact) mass is 312 g/mol. The quantitative estimate of drug-likeness (QED) is 0.919. The van der Waals surface area contributed by atoms with Crippen LogP contribution in [0.15, 0.2) is 36.7 Å². The van der Waals surface area contributed by atoms with Crippen LogP contribution >= 0.6 is 0 Å². The summed E-state index contributed by atoms with van der Waals surface area (Å²) in [6, 6.07) is 9.73. The average Bonchev–Trinajstić information content (AvgIpc) is 2.61. The fourth-order valence-corrected chi connectivity index (χ4v) is 2.97. The molecule has 1 aromatic heterocycles. The number of aromatic nitrogens is 2. The first-order valence-electron chi connectivity index (χ1n) is 8.14. The summed E-state index contributed by atoms with van der Waals surface area (Å²) in [5, 5.41) is 3.61. The van der Waals surface area contributed by atoms with Crippen LogP contribution in [-0.4, -0.2) is 36.2 Å². The number of piperidine rings is 1. The van der Waals surface area contributed by atoms with Crippen LogP contribution in [0.4, 0.5) is 5.69 Å². The highest BCUT2D eigenvalue weighted by Gasteiger charge is 2.19. The summed E-state index contributed by atoms with van der Waals surface area (Å²) in [6.45, 7) is 5.15. The lowest BCUT2D eigenvalue weighted by Gasteiger charge is -2.34. The molecule has 2 aromatic rings. The van der Waals surface area contributed by atoms with Crippen LogP contribution in [0.3, 0.4) is 0 Å². The minimum absolute atomic E-state index is 0.417. The van der Waals surface area contributed by atoms with Crippen LogP contribution in [0, 0.1) is 6.92 Å². The molecule has 1 aliphatic rings. The van der Waals surface area contributed by atoms with E-state index in [2.05, 4.69) is 51.4 Å². The summed E-state index contributed by atoms with van der Waals surface area (Å²) in [6.07, 6.45) is 5.96. The van der Waals surface area contributed by atoms with Crippen LogP contribution in [0.25, 0.3) is 0 Å². The molecule has 0 amide bonds. The topological polar surface area (TPSA) is 50.3 Å². The van der Waals surface area contributed by atoms with Gasteiger partial charge in [-0.3, -0.25) is 0 Å². The third-order valence-electron chi connectivity index (χ3n) is 4.32. The maximum atomic E-state index is 4.98. The predicted octanol–water partition coefficient (Wildman–Crippen LogP) is 2.55. The average molecular weight is 312 g/mol. The van der Waals surface area contributed by atoms with Gasteiger partial charge in [0, 0.05) is 49.3 Å². The molecular formula is C18H24N4O. The van der Waals surface area contributed by atoms with Crippen molar-refractivity contribution in [2.75, 3.05) is 25.1 Å². The second-order valence-electron chi connectivity index (χ2n) is 6.06. The third kappa shape index (κ3) is 4.20. The van der Waals surface area contributed by atoms with Gasteiger partial charge in [-0.15, -0.1) is 0 Å². The zero-order valence-corrected chi connectivity index (χ0v) is 13.8. The van der Waals surface area contributed by atoms with Crippen molar-refractivity contribution in [3.05, 3.63) is 47.8 Å². The Morgan fingerprint density at radius 2 is 1.96 bits per heavy atom. The summed E-state index contributed by atoms with van der Waals surface area (Å²) in [4.78, 5) is 10.8. The van der Waals surface area contributed by atoms with Crippen molar-refractivity contribution >= 4 is 5.69 Å². The van der Waals surface area contributed by atoms with E-state index in [1.54, 1.807) is 7.11 Å². The molecule has 2 heterocycles. The van der Waals surface area contributed by atoms with Gasteiger partial charge in [-0.25, -0.2) is 9.97 Å². The molecule has 0 spiro atoms. The van der Waals surface area contributed by atoms with Gasteiger partial charge in [0.2, 0.25) is 0 Å². The van der Waals surface area contributed by atoms with Crippen LogP contribution in [-0.2, 0) is 6.54 Å². The number of ether oxygens (including phenoxy) is 1. The summed E-state index contributed by atoms with van der Waals surface area (Å²) < 4.78 is 4.98. The van der Waals surface area contributed by atoms with Gasteiger partial charge in [-0.05, 0) is 37.5 Å². The van der Waals surface area contributed by atoms with Crippen molar-refractivity contribution in [3.63, 3.8) is 0 Å². The van der Waals surface area contributed by atoms with Gasteiger partial charge in [0.1, 0.15) is 0 Å². The van der Waals surface area contributed by atoms with Crippen LogP contribution in [0.1, 0.15) is 24.0 Å². The molecule has 1 saturated heterocycles. The molecule has 0 aliphatic carbocycles. The Morgan fingerprint density at radius 3 is 2.61 bits per heavy atom. The molecule has 5 heteroatoms. The summed E-state index contributed by atoms with van der Waals surface area (Å²) >= 11 is 0. The van der Waals surface area contributed by atoms with Crippen molar-refractivity contribution in [2.24, 2.45) is 0 Å². The Hall–Kier alpha value is -2.14. The third-order valence-corrected chi connectivity index (χ3v) is 4.32. The van der Waals surface area contributed by atoms with E-state index >= 15 is 0 Å². The van der Waals surface area contributed by atoms with Crippen LogP contribution in [0.5, 0.6) is 6.01 Å². The fraction of sp³-hybridized carbons (Fsp3) is 0.444. The summed E-state index contributed by atoms with van der Waals surface area (Å²) in [5.74, 6) is 0. The molecule has 0 bridgehead atoms. The molecule has 0 atom stereocenters. The van der Waals surface area contributed by atoms with Gasteiger partial charge in [-0.1, -0.05) is 12.1 Å². The SMILES string of the molecule is COc1ncc(CNC2CCN(c3cccc(C)c3)CC2)cn1. The molecule has 0 radical (unpaired) electrons. The van der Waals surface area contributed by atoms with Gasteiger partial charge >= 0.3 is 6.01 Å². The standard InChI is InChI=1S/C18H24N4O/c1-14-4-3-5-17(10-14)22-8-6-16(7-9-22)19-11-15-12-20-18(23-2)21-13-15/h3-5,10,12-13,16,19H,6-9,11H2,1-2H3. The minimum Gasteiger partial charge on any atom is -0.467 e. The van der Waals surface area contributed by atoms with Crippen molar-refractivity contribution in [2.45, 2.75) is 32.4 Å².